The summed E-state index contributed by atoms with van der Waals surface area (Å²) in [7, 11) is 1.60. The summed E-state index contributed by atoms with van der Waals surface area (Å²) in [6, 6.07) is 3.70. The van der Waals surface area contributed by atoms with E-state index in [0.29, 0.717) is 10.9 Å². The van der Waals surface area contributed by atoms with Gasteiger partial charge in [-0.15, -0.1) is 0 Å². The van der Waals surface area contributed by atoms with Crippen LogP contribution in [-0.2, 0) is 5.41 Å². The van der Waals surface area contributed by atoms with Crippen LogP contribution in [0.15, 0.2) is 18.3 Å². The summed E-state index contributed by atoms with van der Waals surface area (Å²) < 4.78 is 5.15. The number of aromatic nitrogens is 2. The first kappa shape index (κ1) is 12.1. The first-order valence-electron chi connectivity index (χ1n) is 5.43. The Balaban J connectivity index is 2.83. The number of nitrogens with zero attached hydrogens (tertiary/aromatic N) is 2. The fraction of sp³-hybridized carbons (Fsp3) is 0.385. The maximum Gasteiger partial charge on any atom is 0.213 e. The fourth-order valence-electron chi connectivity index (χ4n) is 1.85. The highest BCUT2D eigenvalue weighted by molar-refractivity contribution is 6.32. The van der Waals surface area contributed by atoms with Gasteiger partial charge in [0.1, 0.15) is 0 Å². The van der Waals surface area contributed by atoms with Gasteiger partial charge in [0, 0.05) is 17.8 Å². The highest BCUT2D eigenvalue weighted by atomic mass is 35.5. The van der Waals surface area contributed by atoms with Gasteiger partial charge in [0.05, 0.1) is 23.2 Å². The number of ether oxygens (including phenoxy) is 1. The van der Waals surface area contributed by atoms with Crippen LogP contribution in [0.2, 0.25) is 5.02 Å². The van der Waals surface area contributed by atoms with Crippen LogP contribution in [0.3, 0.4) is 0 Å². The molecule has 0 bridgehead atoms. The second-order valence-electron chi connectivity index (χ2n) is 4.95. The van der Waals surface area contributed by atoms with Crippen LogP contribution in [0.5, 0.6) is 5.88 Å². The highest BCUT2D eigenvalue weighted by Gasteiger charge is 2.22. The van der Waals surface area contributed by atoms with E-state index in [1.807, 2.05) is 6.07 Å². The van der Waals surface area contributed by atoms with Gasteiger partial charge in [-0.05, 0) is 11.5 Å². The van der Waals surface area contributed by atoms with Crippen LogP contribution in [0, 0.1) is 0 Å². The minimum atomic E-state index is -0.0857. The van der Waals surface area contributed by atoms with Crippen LogP contribution in [0.25, 0.3) is 11.0 Å². The van der Waals surface area contributed by atoms with Crippen LogP contribution in [0.1, 0.15) is 26.3 Å². The summed E-state index contributed by atoms with van der Waals surface area (Å²) in [5.41, 5.74) is 2.56. The van der Waals surface area contributed by atoms with Crippen LogP contribution < -0.4 is 4.74 Å². The molecule has 0 radical (unpaired) electrons. The summed E-state index contributed by atoms with van der Waals surface area (Å²) in [6.07, 6.45) is 1.68. The van der Waals surface area contributed by atoms with Crippen molar-refractivity contribution in [3.63, 3.8) is 0 Å². The molecule has 0 N–H and O–H groups in total. The zero-order chi connectivity index (χ0) is 12.6. The van der Waals surface area contributed by atoms with Crippen molar-refractivity contribution >= 4 is 22.6 Å². The molecule has 0 fully saturated rings. The molecule has 0 unspecified atom stereocenters. The lowest BCUT2D eigenvalue weighted by atomic mass is 9.86. The lowest BCUT2D eigenvalue weighted by molar-refractivity contribution is 0.399. The average molecular weight is 251 g/mol. The number of methoxy groups -OCH3 is 1. The van der Waals surface area contributed by atoms with E-state index >= 15 is 0 Å². The second-order valence-corrected chi connectivity index (χ2v) is 5.36. The molecular formula is C13H15ClN2O. The average Bonchev–Trinajstić information content (AvgIpc) is 2.26. The van der Waals surface area contributed by atoms with Gasteiger partial charge >= 0.3 is 0 Å². The number of hydrogen-bond acceptors (Lipinski definition) is 3. The summed E-state index contributed by atoms with van der Waals surface area (Å²) in [4.78, 5) is 8.73. The van der Waals surface area contributed by atoms with Crippen LogP contribution >= 0.6 is 11.6 Å². The molecule has 2 heterocycles. The number of rotatable bonds is 1. The normalized spacial score (nSPS) is 11.8. The van der Waals surface area contributed by atoms with Crippen molar-refractivity contribution in [3.05, 3.63) is 28.9 Å². The number of pyridine rings is 2. The summed E-state index contributed by atoms with van der Waals surface area (Å²) >= 11 is 6.24. The molecule has 0 atom stereocenters. The molecule has 0 aliphatic heterocycles. The van der Waals surface area contributed by atoms with Gasteiger partial charge in [0.2, 0.25) is 5.88 Å². The first-order valence-corrected chi connectivity index (χ1v) is 5.81. The Kier molecular flexibility index (Phi) is 2.96. The van der Waals surface area contributed by atoms with E-state index in [0.717, 1.165) is 16.6 Å². The largest absolute Gasteiger partial charge is 0.481 e. The molecular weight excluding hydrogens is 236 g/mol. The smallest absolute Gasteiger partial charge is 0.213 e. The zero-order valence-corrected chi connectivity index (χ0v) is 11.2. The SMILES string of the molecule is COc1ccc2ncc(Cl)c(C(C)(C)C)c2n1. The molecule has 4 heteroatoms. The molecule has 2 aromatic heterocycles. The topological polar surface area (TPSA) is 35.0 Å². The molecule has 2 aromatic rings. The maximum absolute atomic E-state index is 6.24. The van der Waals surface area contributed by atoms with Crippen molar-refractivity contribution < 1.29 is 4.74 Å². The van der Waals surface area contributed by atoms with Gasteiger partial charge in [-0.25, -0.2) is 4.98 Å². The minimum absolute atomic E-state index is 0.0857. The van der Waals surface area contributed by atoms with Crippen molar-refractivity contribution in [2.75, 3.05) is 7.11 Å². The van der Waals surface area contributed by atoms with Crippen molar-refractivity contribution in [1.82, 2.24) is 9.97 Å². The Morgan fingerprint density at radius 3 is 2.53 bits per heavy atom. The Bertz CT molecular complexity index is 561. The quantitative estimate of drug-likeness (QED) is 0.776. The lowest BCUT2D eigenvalue weighted by Gasteiger charge is -2.21. The predicted octanol–water partition coefficient (Wildman–Crippen LogP) is 3.59. The molecule has 90 valence electrons. The summed E-state index contributed by atoms with van der Waals surface area (Å²) in [5.74, 6) is 0.576. The van der Waals surface area contributed by atoms with E-state index in [1.54, 1.807) is 19.4 Å². The molecule has 0 saturated carbocycles. The molecule has 0 aliphatic carbocycles. The predicted molar refractivity (Wildman–Crippen MR) is 69.8 cm³/mol. The van der Waals surface area contributed by atoms with Gasteiger partial charge in [-0.1, -0.05) is 32.4 Å². The molecule has 0 aromatic carbocycles. The van der Waals surface area contributed by atoms with Gasteiger partial charge in [-0.2, -0.15) is 0 Å². The molecule has 0 saturated heterocycles. The van der Waals surface area contributed by atoms with Crippen molar-refractivity contribution in [2.45, 2.75) is 26.2 Å². The maximum atomic E-state index is 6.24. The van der Waals surface area contributed by atoms with Gasteiger partial charge in [0.25, 0.3) is 0 Å². The number of halogens is 1. The molecule has 0 amide bonds. The molecule has 0 spiro atoms. The summed E-state index contributed by atoms with van der Waals surface area (Å²) in [5, 5.41) is 0.644. The third kappa shape index (κ3) is 2.20. The Labute approximate surface area is 106 Å². The highest BCUT2D eigenvalue weighted by Crippen LogP contribution is 2.34. The molecule has 3 nitrogen and oxygen atoms in total. The minimum Gasteiger partial charge on any atom is -0.481 e. The van der Waals surface area contributed by atoms with E-state index < -0.39 is 0 Å². The monoisotopic (exact) mass is 250 g/mol. The van der Waals surface area contributed by atoms with E-state index in [4.69, 9.17) is 16.3 Å². The van der Waals surface area contributed by atoms with Gasteiger partial charge in [0.15, 0.2) is 0 Å². The fourth-order valence-corrected chi connectivity index (χ4v) is 2.27. The van der Waals surface area contributed by atoms with E-state index in [1.165, 1.54) is 0 Å². The van der Waals surface area contributed by atoms with Gasteiger partial charge in [-0.3, -0.25) is 4.98 Å². The molecule has 0 aliphatic rings. The number of hydrogen-bond donors (Lipinski definition) is 0. The molecule has 17 heavy (non-hydrogen) atoms. The van der Waals surface area contributed by atoms with Crippen molar-refractivity contribution in [2.24, 2.45) is 0 Å². The third-order valence-corrected chi connectivity index (χ3v) is 2.89. The Morgan fingerprint density at radius 2 is 1.94 bits per heavy atom. The van der Waals surface area contributed by atoms with E-state index in [2.05, 4.69) is 30.7 Å². The summed E-state index contributed by atoms with van der Waals surface area (Å²) in [6.45, 7) is 6.32. The standard InChI is InChI=1S/C13H15ClN2O/c1-13(2,3)11-8(14)7-15-9-5-6-10(17-4)16-12(9)11/h5-7H,1-4H3. The van der Waals surface area contributed by atoms with Crippen molar-refractivity contribution in [3.8, 4) is 5.88 Å². The first-order chi connectivity index (χ1) is 7.93. The molecule has 2 rings (SSSR count). The van der Waals surface area contributed by atoms with E-state index in [-0.39, 0.29) is 5.41 Å². The zero-order valence-electron chi connectivity index (χ0n) is 10.4. The number of fused-ring (bicyclic) bond motifs is 1. The van der Waals surface area contributed by atoms with Crippen LogP contribution in [-0.4, -0.2) is 17.1 Å². The van der Waals surface area contributed by atoms with Gasteiger partial charge < -0.3 is 4.74 Å². The Morgan fingerprint density at radius 1 is 1.24 bits per heavy atom. The van der Waals surface area contributed by atoms with Crippen molar-refractivity contribution in [1.29, 1.82) is 0 Å². The lowest BCUT2D eigenvalue weighted by Crippen LogP contribution is -2.13. The van der Waals surface area contributed by atoms with Crippen LogP contribution in [0.4, 0.5) is 0 Å². The Hall–Kier alpha value is -1.35. The third-order valence-electron chi connectivity index (χ3n) is 2.60. The second kappa shape index (κ2) is 4.15. The van der Waals surface area contributed by atoms with E-state index in [9.17, 15) is 0 Å².